The fourth-order valence-electron chi connectivity index (χ4n) is 6.66. The molecule has 0 aromatic heterocycles. The molecule has 3 aliphatic rings. The van der Waals surface area contributed by atoms with Crippen LogP contribution < -0.4 is 15.5 Å². The minimum atomic E-state index is -1.44. The molecule has 4 aromatic carbocycles. The molecule has 3 aliphatic heterocycles. The monoisotopic (exact) mass is 563 g/mol. The number of nitrogens with one attached hydrogen (secondary N) is 2. The Hall–Kier alpha value is -4.75. The normalized spacial score (nSPS) is 23.5. The van der Waals surface area contributed by atoms with Gasteiger partial charge in [-0.05, 0) is 71.8 Å². The maximum atomic E-state index is 14.6. The number of rotatable bonds is 4. The SMILES string of the molecule is O=C(c1ccc(F)cc1)[C@@H]1[C@H](C(=O)Nc2ccc(Cl)cc2)N2c3ccccc3C=C[C@H]2[C@@]12C(=O)Nc1ccccc12. The van der Waals surface area contributed by atoms with Crippen LogP contribution in [-0.4, -0.2) is 29.7 Å². The highest BCUT2D eigenvalue weighted by atomic mass is 35.5. The summed E-state index contributed by atoms with van der Waals surface area (Å²) in [7, 11) is 0. The van der Waals surface area contributed by atoms with Crippen LogP contribution in [0.1, 0.15) is 21.5 Å². The number of Topliss-reactive ketones (excluding diaryl/α,β-unsaturated/α-hetero) is 1. The number of halogens is 2. The van der Waals surface area contributed by atoms with Crippen molar-refractivity contribution in [3.05, 3.63) is 131 Å². The van der Waals surface area contributed by atoms with Gasteiger partial charge < -0.3 is 15.5 Å². The predicted molar refractivity (Wildman–Crippen MR) is 157 cm³/mol. The van der Waals surface area contributed by atoms with Gasteiger partial charge in [0.05, 0.1) is 12.0 Å². The lowest BCUT2D eigenvalue weighted by atomic mass is 9.64. The van der Waals surface area contributed by atoms with Gasteiger partial charge in [0.2, 0.25) is 11.8 Å². The third kappa shape index (κ3) is 3.73. The summed E-state index contributed by atoms with van der Waals surface area (Å²) in [6.07, 6.45) is 3.84. The fraction of sp³-hybridized carbons (Fsp3) is 0.121. The second-order valence-electron chi connectivity index (χ2n) is 10.4. The lowest BCUT2D eigenvalue weighted by Crippen LogP contribution is -2.51. The molecule has 0 unspecified atom stereocenters. The van der Waals surface area contributed by atoms with Crippen LogP contribution in [0.25, 0.3) is 6.08 Å². The van der Waals surface area contributed by atoms with E-state index >= 15 is 0 Å². The van der Waals surface area contributed by atoms with Gasteiger partial charge in [0.1, 0.15) is 17.3 Å². The molecule has 6 nitrogen and oxygen atoms in total. The molecule has 0 bridgehead atoms. The summed E-state index contributed by atoms with van der Waals surface area (Å²) >= 11 is 6.07. The largest absolute Gasteiger partial charge is 0.350 e. The predicted octanol–water partition coefficient (Wildman–Crippen LogP) is 6.09. The number of hydrogen-bond acceptors (Lipinski definition) is 4. The first kappa shape index (κ1) is 25.2. The average molecular weight is 564 g/mol. The van der Waals surface area contributed by atoms with Crippen LogP contribution in [0, 0.1) is 11.7 Å². The minimum absolute atomic E-state index is 0.217. The number of amides is 2. The molecule has 4 atom stereocenters. The Balaban J connectivity index is 1.48. The van der Waals surface area contributed by atoms with Crippen molar-refractivity contribution in [2.45, 2.75) is 17.5 Å². The first-order valence-corrected chi connectivity index (χ1v) is 13.6. The van der Waals surface area contributed by atoms with E-state index in [1.807, 2.05) is 59.5 Å². The summed E-state index contributed by atoms with van der Waals surface area (Å²) in [4.78, 5) is 45.1. The molecule has 3 heterocycles. The molecule has 1 saturated heterocycles. The van der Waals surface area contributed by atoms with E-state index in [1.165, 1.54) is 24.3 Å². The zero-order chi connectivity index (χ0) is 28.3. The van der Waals surface area contributed by atoms with E-state index in [0.29, 0.717) is 22.0 Å². The summed E-state index contributed by atoms with van der Waals surface area (Å²) < 4.78 is 13.9. The van der Waals surface area contributed by atoms with Crippen molar-refractivity contribution in [3.63, 3.8) is 0 Å². The second-order valence-corrected chi connectivity index (χ2v) is 10.9. The average Bonchev–Trinajstić information content (AvgIpc) is 3.47. The standard InChI is InChI=1S/C33H23ClFN3O3/c34-21-12-16-23(17-13-21)36-31(40)29-28(30(39)20-9-14-22(35)15-10-20)33(24-6-2-3-7-25(24)37-32(33)41)27-18-11-19-5-1-4-8-26(19)38(27)29/h1-18,27-29H,(H,36,40)(H,37,41)/t27-,28-,29+,33+/m0/s1. The van der Waals surface area contributed by atoms with Crippen molar-refractivity contribution in [3.8, 4) is 0 Å². The van der Waals surface area contributed by atoms with Crippen LogP contribution in [0.15, 0.2) is 103 Å². The first-order chi connectivity index (χ1) is 19.9. The molecule has 2 N–H and O–H groups in total. The second kappa shape index (κ2) is 9.42. The smallest absolute Gasteiger partial charge is 0.247 e. The number of ketones is 1. The molecule has 41 heavy (non-hydrogen) atoms. The number of hydrogen-bond donors (Lipinski definition) is 2. The molecule has 0 radical (unpaired) electrons. The number of benzene rings is 4. The van der Waals surface area contributed by atoms with Crippen molar-refractivity contribution in [2.24, 2.45) is 5.92 Å². The van der Waals surface area contributed by atoms with Gasteiger partial charge in [-0.3, -0.25) is 14.4 Å². The maximum Gasteiger partial charge on any atom is 0.247 e. The van der Waals surface area contributed by atoms with Crippen molar-refractivity contribution in [1.29, 1.82) is 0 Å². The third-order valence-electron chi connectivity index (χ3n) is 8.33. The van der Waals surface area contributed by atoms with Gasteiger partial charge in [-0.1, -0.05) is 60.2 Å². The molecule has 0 aliphatic carbocycles. The Kier molecular flexibility index (Phi) is 5.80. The summed E-state index contributed by atoms with van der Waals surface area (Å²) in [5.41, 5.74) is 2.13. The number of carbonyl (C=O) groups excluding carboxylic acids is 3. The van der Waals surface area contributed by atoms with Gasteiger partial charge in [-0.25, -0.2) is 4.39 Å². The first-order valence-electron chi connectivity index (χ1n) is 13.2. The number of carbonyl (C=O) groups is 3. The summed E-state index contributed by atoms with van der Waals surface area (Å²) in [6, 6.07) is 25.0. The molecule has 2 amide bonds. The number of fused-ring (bicyclic) bond motifs is 6. The van der Waals surface area contributed by atoms with Gasteiger partial charge in [0.15, 0.2) is 5.78 Å². The molecular weight excluding hydrogens is 541 g/mol. The van der Waals surface area contributed by atoms with Crippen LogP contribution in [0.5, 0.6) is 0 Å². The fourth-order valence-corrected chi connectivity index (χ4v) is 6.79. The quantitative estimate of drug-likeness (QED) is 0.295. The van der Waals surface area contributed by atoms with Gasteiger partial charge >= 0.3 is 0 Å². The number of nitrogens with zero attached hydrogens (tertiary/aromatic N) is 1. The molecule has 8 heteroatoms. The van der Waals surface area contributed by atoms with Gasteiger partial charge in [0, 0.05) is 27.6 Å². The summed E-state index contributed by atoms with van der Waals surface area (Å²) in [5.74, 6) is -2.87. The molecule has 1 fully saturated rings. The molecular formula is C33H23ClFN3O3. The van der Waals surface area contributed by atoms with Gasteiger partial charge in [-0.2, -0.15) is 0 Å². The van der Waals surface area contributed by atoms with E-state index in [1.54, 1.807) is 30.3 Å². The van der Waals surface area contributed by atoms with E-state index in [4.69, 9.17) is 11.6 Å². The van der Waals surface area contributed by atoms with Crippen LogP contribution in [-0.2, 0) is 15.0 Å². The highest BCUT2D eigenvalue weighted by Gasteiger charge is 2.70. The Bertz CT molecular complexity index is 1750. The van der Waals surface area contributed by atoms with E-state index in [9.17, 15) is 18.8 Å². The third-order valence-corrected chi connectivity index (χ3v) is 8.59. The Labute approximate surface area is 240 Å². The zero-order valence-electron chi connectivity index (χ0n) is 21.6. The lowest BCUT2D eigenvalue weighted by molar-refractivity contribution is -0.122. The summed E-state index contributed by atoms with van der Waals surface area (Å²) in [6.45, 7) is 0. The van der Waals surface area contributed by atoms with Crippen LogP contribution >= 0.6 is 11.6 Å². The summed E-state index contributed by atoms with van der Waals surface area (Å²) in [5, 5.41) is 6.46. The van der Waals surface area contributed by atoms with Crippen LogP contribution in [0.4, 0.5) is 21.5 Å². The Morgan fingerprint density at radius 2 is 1.61 bits per heavy atom. The topological polar surface area (TPSA) is 78.5 Å². The number of anilines is 3. The van der Waals surface area contributed by atoms with Crippen molar-refractivity contribution in [2.75, 3.05) is 15.5 Å². The van der Waals surface area contributed by atoms with Gasteiger partial charge in [0.25, 0.3) is 0 Å². The van der Waals surface area contributed by atoms with Gasteiger partial charge in [-0.15, -0.1) is 0 Å². The lowest BCUT2D eigenvalue weighted by Gasteiger charge is -2.37. The molecule has 1 spiro atoms. The molecule has 0 saturated carbocycles. The van der Waals surface area contributed by atoms with Crippen LogP contribution in [0.2, 0.25) is 5.02 Å². The zero-order valence-corrected chi connectivity index (χ0v) is 22.3. The van der Waals surface area contributed by atoms with Crippen LogP contribution in [0.3, 0.4) is 0 Å². The highest BCUT2D eigenvalue weighted by molar-refractivity contribution is 6.30. The van der Waals surface area contributed by atoms with Crippen molar-refractivity contribution >= 4 is 52.3 Å². The molecule has 202 valence electrons. The Morgan fingerprint density at radius 1 is 0.902 bits per heavy atom. The molecule has 7 rings (SSSR count). The Morgan fingerprint density at radius 3 is 2.39 bits per heavy atom. The van der Waals surface area contributed by atoms with E-state index in [2.05, 4.69) is 10.6 Å². The maximum absolute atomic E-state index is 14.6. The van der Waals surface area contributed by atoms with Crippen molar-refractivity contribution in [1.82, 2.24) is 0 Å². The highest BCUT2D eigenvalue weighted by Crippen LogP contribution is 2.57. The number of para-hydroxylation sites is 2. The minimum Gasteiger partial charge on any atom is -0.350 e. The van der Waals surface area contributed by atoms with Crippen molar-refractivity contribution < 1.29 is 18.8 Å². The van der Waals surface area contributed by atoms with E-state index in [0.717, 1.165) is 11.3 Å². The molecule has 4 aromatic rings. The van der Waals surface area contributed by atoms with E-state index in [-0.39, 0.29) is 11.5 Å². The van der Waals surface area contributed by atoms with E-state index < -0.39 is 40.9 Å².